The van der Waals surface area contributed by atoms with Gasteiger partial charge in [0.1, 0.15) is 0 Å². The van der Waals surface area contributed by atoms with E-state index in [1.54, 1.807) is 0 Å². The largest absolute Gasteiger partial charge is 0.399 e. The summed E-state index contributed by atoms with van der Waals surface area (Å²) in [6.45, 7) is 7.20. The van der Waals surface area contributed by atoms with Gasteiger partial charge in [-0.05, 0) is 47.0 Å². The molecule has 0 aliphatic carbocycles. The molecule has 96 valence electrons. The van der Waals surface area contributed by atoms with Crippen molar-refractivity contribution >= 4 is 5.69 Å². The number of nitrogen functional groups attached to an aromatic ring is 1. The van der Waals surface area contributed by atoms with Crippen molar-refractivity contribution in [1.29, 1.82) is 0 Å². The number of nitrogens with two attached hydrogens (primary N) is 1. The highest BCUT2D eigenvalue weighted by atomic mass is 15.5. The molecule has 2 aromatic rings. The van der Waals surface area contributed by atoms with Crippen LogP contribution in [0, 0.1) is 12.8 Å². The van der Waals surface area contributed by atoms with E-state index in [0.717, 1.165) is 35.6 Å². The lowest BCUT2D eigenvalue weighted by molar-refractivity contribution is 0.434. The Hall–Kier alpha value is -1.91. The van der Waals surface area contributed by atoms with Crippen LogP contribution in [-0.2, 0) is 6.54 Å². The summed E-state index contributed by atoms with van der Waals surface area (Å²) in [5.41, 5.74) is 8.69. The van der Waals surface area contributed by atoms with Crippen LogP contribution in [0.15, 0.2) is 18.2 Å². The van der Waals surface area contributed by atoms with Gasteiger partial charge in [0.15, 0.2) is 5.82 Å². The number of hydrogen-bond acceptors (Lipinski definition) is 4. The summed E-state index contributed by atoms with van der Waals surface area (Å²) in [7, 11) is 0. The number of nitrogens with zero attached hydrogens (tertiary/aromatic N) is 4. The fraction of sp³-hybridized carbons (Fsp3) is 0.462. The average Bonchev–Trinajstić information content (AvgIpc) is 2.75. The molecule has 1 atom stereocenters. The second-order valence-corrected chi connectivity index (χ2v) is 4.83. The fourth-order valence-corrected chi connectivity index (χ4v) is 1.90. The van der Waals surface area contributed by atoms with Crippen LogP contribution >= 0.6 is 0 Å². The number of hydrogen-bond donors (Lipinski definition) is 1. The molecule has 1 aromatic heterocycles. The zero-order valence-corrected chi connectivity index (χ0v) is 11.1. The van der Waals surface area contributed by atoms with Crippen LogP contribution in [0.2, 0.25) is 0 Å². The van der Waals surface area contributed by atoms with Crippen LogP contribution in [0.3, 0.4) is 0 Å². The number of rotatable bonds is 4. The van der Waals surface area contributed by atoms with Crippen LogP contribution in [-0.4, -0.2) is 20.2 Å². The Morgan fingerprint density at radius 2 is 2.11 bits per heavy atom. The monoisotopic (exact) mass is 245 g/mol. The highest BCUT2D eigenvalue weighted by Gasteiger charge is 2.11. The van der Waals surface area contributed by atoms with E-state index in [1.807, 2.05) is 23.7 Å². The van der Waals surface area contributed by atoms with Gasteiger partial charge in [-0.2, -0.15) is 0 Å². The molecule has 0 aliphatic heterocycles. The molecular formula is C13H19N5. The minimum atomic E-state index is 0.550. The molecule has 1 unspecified atom stereocenters. The Balaban J connectivity index is 2.36. The third-order valence-corrected chi connectivity index (χ3v) is 3.07. The van der Waals surface area contributed by atoms with Crippen LogP contribution in [0.4, 0.5) is 5.69 Å². The van der Waals surface area contributed by atoms with Gasteiger partial charge in [0, 0.05) is 17.8 Å². The lowest BCUT2D eigenvalue weighted by Gasteiger charge is -2.10. The number of aryl methyl sites for hydroxylation is 1. The molecule has 0 aliphatic rings. The summed E-state index contributed by atoms with van der Waals surface area (Å²) in [5.74, 6) is 1.33. The van der Waals surface area contributed by atoms with Gasteiger partial charge >= 0.3 is 0 Å². The van der Waals surface area contributed by atoms with Crippen LogP contribution in [0.25, 0.3) is 11.4 Å². The highest BCUT2D eigenvalue weighted by molar-refractivity contribution is 5.62. The predicted molar refractivity (Wildman–Crippen MR) is 71.9 cm³/mol. The summed E-state index contributed by atoms with van der Waals surface area (Å²) in [6, 6.07) is 5.90. The van der Waals surface area contributed by atoms with Gasteiger partial charge in [-0.1, -0.05) is 20.3 Å². The molecule has 0 saturated heterocycles. The first kappa shape index (κ1) is 12.5. The highest BCUT2D eigenvalue weighted by Crippen LogP contribution is 2.21. The van der Waals surface area contributed by atoms with Crippen molar-refractivity contribution in [2.75, 3.05) is 5.73 Å². The van der Waals surface area contributed by atoms with E-state index in [9.17, 15) is 0 Å². The number of tetrazole rings is 1. The molecule has 0 spiro atoms. The number of benzene rings is 1. The quantitative estimate of drug-likeness (QED) is 0.839. The van der Waals surface area contributed by atoms with Gasteiger partial charge in [0.05, 0.1) is 0 Å². The minimum Gasteiger partial charge on any atom is -0.399 e. The van der Waals surface area contributed by atoms with Crippen LogP contribution in [0.1, 0.15) is 25.8 Å². The van der Waals surface area contributed by atoms with Crippen molar-refractivity contribution in [2.45, 2.75) is 33.7 Å². The Bertz CT molecular complexity index is 512. The zero-order chi connectivity index (χ0) is 13.1. The first-order valence-corrected chi connectivity index (χ1v) is 6.24. The third-order valence-electron chi connectivity index (χ3n) is 3.07. The lowest BCUT2D eigenvalue weighted by Crippen LogP contribution is -2.10. The Morgan fingerprint density at radius 3 is 2.78 bits per heavy atom. The zero-order valence-electron chi connectivity index (χ0n) is 11.1. The van der Waals surface area contributed by atoms with Crippen LogP contribution < -0.4 is 5.73 Å². The summed E-state index contributed by atoms with van der Waals surface area (Å²) in [4.78, 5) is 0. The van der Waals surface area contributed by atoms with Crippen molar-refractivity contribution in [3.8, 4) is 11.4 Å². The summed E-state index contributed by atoms with van der Waals surface area (Å²) < 4.78 is 1.85. The van der Waals surface area contributed by atoms with Crippen molar-refractivity contribution < 1.29 is 0 Å². The van der Waals surface area contributed by atoms with Gasteiger partial charge in [-0.3, -0.25) is 0 Å². The first-order chi connectivity index (χ1) is 8.60. The number of anilines is 1. The minimum absolute atomic E-state index is 0.550. The Labute approximate surface area is 107 Å². The maximum absolute atomic E-state index is 5.87. The molecular weight excluding hydrogens is 226 g/mol. The normalized spacial score (nSPS) is 12.6. The van der Waals surface area contributed by atoms with Crippen molar-refractivity contribution in [2.24, 2.45) is 5.92 Å². The van der Waals surface area contributed by atoms with E-state index in [4.69, 9.17) is 5.73 Å². The van der Waals surface area contributed by atoms with Crippen molar-refractivity contribution in [3.05, 3.63) is 23.8 Å². The number of aromatic nitrogens is 4. The molecule has 18 heavy (non-hydrogen) atoms. The summed E-state index contributed by atoms with van der Waals surface area (Å²) in [5, 5.41) is 11.9. The first-order valence-electron chi connectivity index (χ1n) is 6.24. The van der Waals surface area contributed by atoms with E-state index in [1.165, 1.54) is 0 Å². The van der Waals surface area contributed by atoms with E-state index in [2.05, 4.69) is 35.4 Å². The summed E-state index contributed by atoms with van der Waals surface area (Å²) >= 11 is 0. The lowest BCUT2D eigenvalue weighted by atomic mass is 10.1. The molecule has 0 fully saturated rings. The summed E-state index contributed by atoms with van der Waals surface area (Å²) in [6.07, 6.45) is 1.11. The second kappa shape index (κ2) is 5.16. The van der Waals surface area contributed by atoms with E-state index in [-0.39, 0.29) is 0 Å². The molecule has 5 heteroatoms. The van der Waals surface area contributed by atoms with Gasteiger partial charge in [0.25, 0.3) is 0 Å². The van der Waals surface area contributed by atoms with Gasteiger partial charge in [0.2, 0.25) is 0 Å². The molecule has 1 heterocycles. The molecule has 0 amide bonds. The SMILES string of the molecule is CCC(C)Cn1nnnc1-c1cc(C)cc(N)c1. The molecule has 2 N–H and O–H groups in total. The third kappa shape index (κ3) is 2.67. The molecule has 5 nitrogen and oxygen atoms in total. The van der Waals surface area contributed by atoms with Crippen molar-refractivity contribution in [1.82, 2.24) is 20.2 Å². The van der Waals surface area contributed by atoms with E-state index >= 15 is 0 Å². The van der Waals surface area contributed by atoms with Gasteiger partial charge in [-0.15, -0.1) is 5.10 Å². The molecule has 1 aromatic carbocycles. The van der Waals surface area contributed by atoms with Gasteiger partial charge in [-0.25, -0.2) is 4.68 Å². The maximum Gasteiger partial charge on any atom is 0.182 e. The topological polar surface area (TPSA) is 69.6 Å². The Kier molecular flexibility index (Phi) is 3.60. The fourth-order valence-electron chi connectivity index (χ4n) is 1.90. The Morgan fingerprint density at radius 1 is 1.33 bits per heavy atom. The van der Waals surface area contributed by atoms with E-state index in [0.29, 0.717) is 5.92 Å². The molecule has 2 rings (SSSR count). The van der Waals surface area contributed by atoms with Crippen LogP contribution in [0.5, 0.6) is 0 Å². The molecule has 0 radical (unpaired) electrons. The van der Waals surface area contributed by atoms with Gasteiger partial charge < -0.3 is 5.73 Å². The average molecular weight is 245 g/mol. The molecule has 0 bridgehead atoms. The second-order valence-electron chi connectivity index (χ2n) is 4.83. The molecule has 0 saturated carbocycles. The maximum atomic E-state index is 5.87. The predicted octanol–water partition coefficient (Wildman–Crippen LogP) is 2.28. The standard InChI is InChI=1S/C13H19N5/c1-4-9(2)8-18-13(15-16-17-18)11-5-10(3)6-12(14)7-11/h5-7,9H,4,8,14H2,1-3H3. The van der Waals surface area contributed by atoms with Crippen molar-refractivity contribution in [3.63, 3.8) is 0 Å². The smallest absolute Gasteiger partial charge is 0.182 e. The van der Waals surface area contributed by atoms with E-state index < -0.39 is 0 Å².